The van der Waals surface area contributed by atoms with Crippen LogP contribution < -0.4 is 14.8 Å². The van der Waals surface area contributed by atoms with E-state index in [1.54, 1.807) is 25.0 Å². The number of benzene rings is 1. The fourth-order valence-electron chi connectivity index (χ4n) is 3.83. The average molecular weight is 496 g/mol. The SMILES string of the molecule is COc1ccc(CNc2nc(C(O[SiH](C)C)C(C)(C)C)cc3nc(-c4ccco4)nn23)cc1OC. The average Bonchev–Trinajstić information content (AvgIpc) is 3.49. The molecule has 3 aromatic heterocycles. The highest BCUT2D eigenvalue weighted by atomic mass is 28.3. The molecule has 0 saturated heterocycles. The second-order valence-electron chi connectivity index (χ2n) is 9.66. The molecule has 1 N–H and O–H groups in total. The van der Waals surface area contributed by atoms with E-state index in [4.69, 9.17) is 28.3 Å². The third-order valence-corrected chi connectivity index (χ3v) is 6.26. The number of hydrogen-bond donors (Lipinski definition) is 1. The maximum absolute atomic E-state index is 6.44. The quantitative estimate of drug-likeness (QED) is 0.320. The minimum atomic E-state index is -1.34. The Balaban J connectivity index is 1.76. The fraction of sp³-hybridized carbons (Fsp3) is 0.400. The number of hydrogen-bond acceptors (Lipinski definition) is 8. The van der Waals surface area contributed by atoms with E-state index in [1.807, 2.05) is 36.4 Å². The Morgan fingerprint density at radius 1 is 1.06 bits per heavy atom. The molecule has 3 heterocycles. The van der Waals surface area contributed by atoms with Gasteiger partial charge in [-0.1, -0.05) is 26.8 Å². The normalized spacial score (nSPS) is 12.8. The lowest BCUT2D eigenvalue weighted by molar-refractivity contribution is 0.0828. The predicted octanol–water partition coefficient (Wildman–Crippen LogP) is 5.10. The molecule has 0 amide bonds. The molecule has 35 heavy (non-hydrogen) atoms. The summed E-state index contributed by atoms with van der Waals surface area (Å²) in [6.07, 6.45) is 1.43. The van der Waals surface area contributed by atoms with Gasteiger partial charge in [-0.25, -0.2) is 9.97 Å². The van der Waals surface area contributed by atoms with E-state index in [1.165, 1.54) is 0 Å². The number of anilines is 1. The summed E-state index contributed by atoms with van der Waals surface area (Å²) in [6, 6.07) is 11.4. The van der Waals surface area contributed by atoms with Gasteiger partial charge in [-0.05, 0) is 48.3 Å². The largest absolute Gasteiger partial charge is 0.493 e. The molecule has 0 bridgehead atoms. The summed E-state index contributed by atoms with van der Waals surface area (Å²) < 4.78 is 24.5. The number of methoxy groups -OCH3 is 2. The molecule has 186 valence electrons. The molecular weight excluding hydrogens is 462 g/mol. The molecule has 1 unspecified atom stereocenters. The molecule has 4 aromatic rings. The van der Waals surface area contributed by atoms with Gasteiger partial charge in [0.2, 0.25) is 11.8 Å². The molecule has 0 aliphatic carbocycles. The number of nitrogens with zero attached hydrogens (tertiary/aromatic N) is 4. The predicted molar refractivity (Wildman–Crippen MR) is 138 cm³/mol. The highest BCUT2D eigenvalue weighted by Crippen LogP contribution is 2.37. The maximum Gasteiger partial charge on any atom is 0.226 e. The topological polar surface area (TPSA) is 95.9 Å². The summed E-state index contributed by atoms with van der Waals surface area (Å²) in [6.45, 7) is 11.3. The van der Waals surface area contributed by atoms with Crippen molar-refractivity contribution in [2.24, 2.45) is 5.41 Å². The summed E-state index contributed by atoms with van der Waals surface area (Å²) in [4.78, 5) is 9.69. The molecule has 1 aromatic carbocycles. The second-order valence-corrected chi connectivity index (χ2v) is 12.0. The first kappa shape index (κ1) is 24.7. The van der Waals surface area contributed by atoms with Crippen LogP contribution in [0.4, 0.5) is 5.95 Å². The van der Waals surface area contributed by atoms with Crippen molar-refractivity contribution in [3.63, 3.8) is 0 Å². The van der Waals surface area contributed by atoms with Crippen molar-refractivity contribution in [1.29, 1.82) is 0 Å². The van der Waals surface area contributed by atoms with Gasteiger partial charge in [0, 0.05) is 12.6 Å². The number of fused-ring (bicyclic) bond motifs is 1. The van der Waals surface area contributed by atoms with E-state index in [0.717, 1.165) is 11.3 Å². The van der Waals surface area contributed by atoms with Crippen molar-refractivity contribution >= 4 is 20.6 Å². The first-order chi connectivity index (χ1) is 16.7. The van der Waals surface area contributed by atoms with E-state index in [2.05, 4.69) is 44.3 Å². The molecule has 0 saturated carbocycles. The Morgan fingerprint density at radius 3 is 2.46 bits per heavy atom. The summed E-state index contributed by atoms with van der Waals surface area (Å²) >= 11 is 0. The zero-order valence-corrected chi connectivity index (χ0v) is 22.5. The van der Waals surface area contributed by atoms with Crippen molar-refractivity contribution in [3.8, 4) is 23.1 Å². The van der Waals surface area contributed by atoms with E-state index < -0.39 is 9.04 Å². The number of rotatable bonds is 9. The van der Waals surface area contributed by atoms with E-state index in [9.17, 15) is 0 Å². The highest BCUT2D eigenvalue weighted by Gasteiger charge is 2.30. The summed E-state index contributed by atoms with van der Waals surface area (Å²) in [5.41, 5.74) is 2.35. The number of ether oxygens (including phenoxy) is 2. The van der Waals surface area contributed by atoms with Gasteiger partial charge in [-0.3, -0.25) is 0 Å². The van der Waals surface area contributed by atoms with Gasteiger partial charge < -0.3 is 23.6 Å². The molecule has 10 heteroatoms. The number of furan rings is 1. The van der Waals surface area contributed by atoms with Crippen LogP contribution in [0.1, 0.15) is 38.1 Å². The first-order valence-corrected chi connectivity index (χ1v) is 14.4. The van der Waals surface area contributed by atoms with Crippen LogP contribution in [0.5, 0.6) is 11.5 Å². The van der Waals surface area contributed by atoms with E-state index in [-0.39, 0.29) is 11.5 Å². The Morgan fingerprint density at radius 2 is 1.83 bits per heavy atom. The Labute approximate surface area is 207 Å². The minimum absolute atomic E-state index is 0.146. The lowest BCUT2D eigenvalue weighted by Gasteiger charge is -2.32. The van der Waals surface area contributed by atoms with Crippen molar-refractivity contribution in [2.75, 3.05) is 19.5 Å². The minimum Gasteiger partial charge on any atom is -0.493 e. The molecular formula is C25H33N5O4Si. The smallest absolute Gasteiger partial charge is 0.226 e. The monoisotopic (exact) mass is 495 g/mol. The van der Waals surface area contributed by atoms with Gasteiger partial charge in [0.05, 0.1) is 32.3 Å². The third-order valence-electron chi connectivity index (χ3n) is 5.45. The summed E-state index contributed by atoms with van der Waals surface area (Å²) in [5, 5.41) is 8.09. The fourth-order valence-corrected chi connectivity index (χ4v) is 4.92. The molecule has 0 radical (unpaired) electrons. The summed E-state index contributed by atoms with van der Waals surface area (Å²) in [5.74, 6) is 3.01. The van der Waals surface area contributed by atoms with E-state index >= 15 is 0 Å². The van der Waals surface area contributed by atoms with Crippen LogP contribution in [0.3, 0.4) is 0 Å². The standard InChI is InChI=1S/C25H33N5O4Si/c1-25(2,3)22(34-35(6)7)17-14-21-28-23(19-9-8-12-33-19)29-30(21)24(27-17)26-15-16-10-11-18(31-4)20(13-16)32-5/h8-14,22,35H,15H2,1-7H3,(H,26,27). The van der Waals surface area contributed by atoms with Crippen molar-refractivity contribution in [1.82, 2.24) is 19.6 Å². The lowest BCUT2D eigenvalue weighted by atomic mass is 9.87. The van der Waals surface area contributed by atoms with Crippen LogP contribution >= 0.6 is 0 Å². The Bertz CT molecular complexity index is 1280. The second kappa shape index (κ2) is 10.1. The molecule has 9 nitrogen and oxygen atoms in total. The number of aromatic nitrogens is 4. The molecule has 0 spiro atoms. The zero-order chi connectivity index (χ0) is 25.2. The van der Waals surface area contributed by atoms with Crippen LogP contribution in [-0.4, -0.2) is 42.8 Å². The molecule has 0 fully saturated rings. The number of nitrogens with one attached hydrogen (secondary N) is 1. The van der Waals surface area contributed by atoms with Crippen molar-refractivity contribution in [3.05, 3.63) is 53.9 Å². The molecule has 0 aliphatic heterocycles. The third kappa shape index (κ3) is 5.49. The van der Waals surface area contributed by atoms with Crippen LogP contribution in [0.25, 0.3) is 17.2 Å². The molecule has 4 rings (SSSR count). The molecule has 0 aliphatic rings. The Kier molecular flexibility index (Phi) is 7.13. The van der Waals surface area contributed by atoms with Crippen LogP contribution in [0.15, 0.2) is 47.1 Å². The zero-order valence-electron chi connectivity index (χ0n) is 21.3. The van der Waals surface area contributed by atoms with Gasteiger partial charge >= 0.3 is 0 Å². The van der Waals surface area contributed by atoms with Crippen LogP contribution in [0, 0.1) is 5.41 Å². The van der Waals surface area contributed by atoms with Gasteiger partial charge in [-0.2, -0.15) is 4.52 Å². The van der Waals surface area contributed by atoms with Gasteiger partial charge in [0.1, 0.15) is 0 Å². The lowest BCUT2D eigenvalue weighted by Crippen LogP contribution is -2.27. The highest BCUT2D eigenvalue weighted by molar-refractivity contribution is 6.48. The van der Waals surface area contributed by atoms with Gasteiger partial charge in [-0.15, -0.1) is 5.10 Å². The maximum atomic E-state index is 6.44. The van der Waals surface area contributed by atoms with Crippen molar-refractivity contribution < 1.29 is 18.3 Å². The van der Waals surface area contributed by atoms with Gasteiger partial charge in [0.15, 0.2) is 31.9 Å². The van der Waals surface area contributed by atoms with E-state index in [0.29, 0.717) is 41.2 Å². The van der Waals surface area contributed by atoms with Crippen molar-refractivity contribution in [2.45, 2.75) is 46.5 Å². The summed E-state index contributed by atoms with van der Waals surface area (Å²) in [7, 11) is 1.91. The first-order valence-electron chi connectivity index (χ1n) is 11.6. The molecule has 1 atom stereocenters. The van der Waals surface area contributed by atoms with Crippen LogP contribution in [-0.2, 0) is 11.0 Å². The van der Waals surface area contributed by atoms with Crippen LogP contribution in [0.2, 0.25) is 13.1 Å². The Hall–Kier alpha value is -3.37. The van der Waals surface area contributed by atoms with Gasteiger partial charge in [0.25, 0.3) is 0 Å².